The first kappa shape index (κ1) is 11.3. The van der Waals surface area contributed by atoms with Crippen LogP contribution in [0.5, 0.6) is 0 Å². The SMILES string of the molecule is Fc1cc(C2CCCn3ncnc32)cc(F)c1F. The molecule has 0 bridgehead atoms. The molecule has 1 aromatic carbocycles. The Morgan fingerprint density at radius 3 is 2.61 bits per heavy atom. The highest BCUT2D eigenvalue weighted by atomic mass is 19.2. The van der Waals surface area contributed by atoms with Crippen LogP contribution < -0.4 is 0 Å². The van der Waals surface area contributed by atoms with Crippen molar-refractivity contribution in [3.8, 4) is 0 Å². The van der Waals surface area contributed by atoms with Crippen LogP contribution in [-0.4, -0.2) is 14.8 Å². The van der Waals surface area contributed by atoms with Crippen LogP contribution >= 0.6 is 0 Å². The molecule has 0 amide bonds. The van der Waals surface area contributed by atoms with Crippen LogP contribution in [0, 0.1) is 17.5 Å². The summed E-state index contributed by atoms with van der Waals surface area (Å²) in [7, 11) is 0. The zero-order chi connectivity index (χ0) is 12.7. The van der Waals surface area contributed by atoms with Crippen LogP contribution in [0.1, 0.15) is 30.1 Å². The number of rotatable bonds is 1. The van der Waals surface area contributed by atoms with E-state index in [9.17, 15) is 13.2 Å². The van der Waals surface area contributed by atoms with Crippen molar-refractivity contribution < 1.29 is 13.2 Å². The lowest BCUT2D eigenvalue weighted by molar-refractivity contribution is 0.427. The lowest BCUT2D eigenvalue weighted by Gasteiger charge is -2.22. The third-order valence-corrected chi connectivity index (χ3v) is 3.23. The maximum absolute atomic E-state index is 13.2. The Balaban J connectivity index is 2.07. The maximum atomic E-state index is 13.2. The van der Waals surface area contributed by atoms with E-state index in [1.807, 2.05) is 0 Å². The van der Waals surface area contributed by atoms with Crippen molar-refractivity contribution in [3.63, 3.8) is 0 Å². The predicted molar refractivity (Wildman–Crippen MR) is 57.4 cm³/mol. The van der Waals surface area contributed by atoms with E-state index in [0.717, 1.165) is 31.5 Å². The van der Waals surface area contributed by atoms with E-state index < -0.39 is 17.5 Å². The molecule has 0 N–H and O–H groups in total. The number of aryl methyl sites for hydroxylation is 1. The zero-order valence-electron chi connectivity index (χ0n) is 9.41. The van der Waals surface area contributed by atoms with Gasteiger partial charge >= 0.3 is 0 Å². The van der Waals surface area contributed by atoms with Gasteiger partial charge in [0.2, 0.25) is 0 Å². The Kier molecular flexibility index (Phi) is 2.57. The van der Waals surface area contributed by atoms with Gasteiger partial charge in [-0.15, -0.1) is 0 Å². The second kappa shape index (κ2) is 4.12. The molecule has 0 fully saturated rings. The van der Waals surface area contributed by atoms with E-state index in [4.69, 9.17) is 0 Å². The van der Waals surface area contributed by atoms with Gasteiger partial charge in [0.15, 0.2) is 17.5 Å². The van der Waals surface area contributed by atoms with Crippen molar-refractivity contribution in [1.82, 2.24) is 14.8 Å². The fourth-order valence-electron chi connectivity index (χ4n) is 2.38. The molecule has 1 aromatic heterocycles. The van der Waals surface area contributed by atoms with Gasteiger partial charge in [0.25, 0.3) is 0 Å². The molecule has 2 heterocycles. The molecule has 0 radical (unpaired) electrons. The minimum Gasteiger partial charge on any atom is -0.249 e. The van der Waals surface area contributed by atoms with E-state index in [1.54, 1.807) is 4.68 Å². The molecule has 0 aliphatic carbocycles. The lowest BCUT2D eigenvalue weighted by atomic mass is 9.91. The summed E-state index contributed by atoms with van der Waals surface area (Å²) >= 11 is 0. The van der Waals surface area contributed by atoms with Crippen molar-refractivity contribution >= 4 is 0 Å². The Labute approximate surface area is 101 Å². The molecular weight excluding hydrogens is 243 g/mol. The van der Waals surface area contributed by atoms with E-state index in [2.05, 4.69) is 10.1 Å². The lowest BCUT2D eigenvalue weighted by Crippen LogP contribution is -2.18. The zero-order valence-corrected chi connectivity index (χ0v) is 9.41. The van der Waals surface area contributed by atoms with Crippen LogP contribution in [0.3, 0.4) is 0 Å². The van der Waals surface area contributed by atoms with Gasteiger partial charge in [0.05, 0.1) is 0 Å². The first-order valence-corrected chi connectivity index (χ1v) is 5.69. The minimum atomic E-state index is -1.43. The van der Waals surface area contributed by atoms with Crippen LogP contribution in [0.4, 0.5) is 13.2 Å². The first-order valence-electron chi connectivity index (χ1n) is 5.69. The second-order valence-corrected chi connectivity index (χ2v) is 4.33. The average Bonchev–Trinajstić information content (AvgIpc) is 2.83. The summed E-state index contributed by atoms with van der Waals surface area (Å²) in [5, 5.41) is 4.04. The quantitative estimate of drug-likeness (QED) is 0.731. The predicted octanol–water partition coefficient (Wildman–Crippen LogP) is 2.62. The molecule has 6 heteroatoms. The van der Waals surface area contributed by atoms with Gasteiger partial charge in [0.1, 0.15) is 12.2 Å². The molecule has 0 saturated carbocycles. The topological polar surface area (TPSA) is 30.7 Å². The van der Waals surface area contributed by atoms with Gasteiger partial charge in [-0.1, -0.05) is 0 Å². The third-order valence-electron chi connectivity index (χ3n) is 3.23. The number of benzene rings is 1. The summed E-state index contributed by atoms with van der Waals surface area (Å²) in [6.07, 6.45) is 2.99. The Morgan fingerprint density at radius 1 is 1.17 bits per heavy atom. The summed E-state index contributed by atoms with van der Waals surface area (Å²) in [5.41, 5.74) is 0.403. The second-order valence-electron chi connectivity index (χ2n) is 4.33. The molecule has 18 heavy (non-hydrogen) atoms. The summed E-state index contributed by atoms with van der Waals surface area (Å²) in [6.45, 7) is 0.748. The fraction of sp³-hybridized carbons (Fsp3) is 0.333. The van der Waals surface area contributed by atoms with E-state index >= 15 is 0 Å². The van der Waals surface area contributed by atoms with E-state index in [-0.39, 0.29) is 5.92 Å². The Hall–Kier alpha value is -1.85. The summed E-state index contributed by atoms with van der Waals surface area (Å²) in [4.78, 5) is 4.11. The smallest absolute Gasteiger partial charge is 0.194 e. The largest absolute Gasteiger partial charge is 0.249 e. The molecule has 3 rings (SSSR count). The van der Waals surface area contributed by atoms with Crippen molar-refractivity contribution in [2.45, 2.75) is 25.3 Å². The molecule has 1 aliphatic rings. The van der Waals surface area contributed by atoms with Gasteiger partial charge in [-0.25, -0.2) is 22.8 Å². The molecule has 2 aromatic rings. The fourth-order valence-corrected chi connectivity index (χ4v) is 2.38. The van der Waals surface area contributed by atoms with Crippen molar-refractivity contribution in [2.24, 2.45) is 0 Å². The average molecular weight is 253 g/mol. The molecule has 3 nitrogen and oxygen atoms in total. The number of aromatic nitrogens is 3. The molecule has 0 saturated heterocycles. The highest BCUT2D eigenvalue weighted by Gasteiger charge is 2.26. The van der Waals surface area contributed by atoms with Crippen LogP contribution in [0.15, 0.2) is 18.5 Å². The molecule has 1 unspecified atom stereocenters. The molecule has 1 atom stereocenters. The van der Waals surface area contributed by atoms with E-state index in [1.165, 1.54) is 6.33 Å². The third kappa shape index (κ3) is 1.68. The van der Waals surface area contributed by atoms with Gasteiger partial charge < -0.3 is 0 Å². The van der Waals surface area contributed by atoms with Gasteiger partial charge in [-0.05, 0) is 30.5 Å². The number of hydrogen-bond acceptors (Lipinski definition) is 2. The summed E-state index contributed by atoms with van der Waals surface area (Å²) in [6, 6.07) is 2.07. The van der Waals surface area contributed by atoms with E-state index in [0.29, 0.717) is 11.4 Å². The van der Waals surface area contributed by atoms with Crippen molar-refractivity contribution in [2.75, 3.05) is 0 Å². The van der Waals surface area contributed by atoms with Crippen LogP contribution in [0.25, 0.3) is 0 Å². The van der Waals surface area contributed by atoms with Gasteiger partial charge in [-0.2, -0.15) is 5.10 Å². The Morgan fingerprint density at radius 2 is 1.89 bits per heavy atom. The van der Waals surface area contributed by atoms with Crippen LogP contribution in [0.2, 0.25) is 0 Å². The number of halogens is 3. The number of nitrogens with zero attached hydrogens (tertiary/aromatic N) is 3. The highest BCUT2D eigenvalue weighted by molar-refractivity contribution is 5.28. The maximum Gasteiger partial charge on any atom is 0.194 e. The highest BCUT2D eigenvalue weighted by Crippen LogP contribution is 2.32. The molecule has 94 valence electrons. The minimum absolute atomic E-state index is 0.231. The summed E-state index contributed by atoms with van der Waals surface area (Å²) in [5.74, 6) is -3.32. The monoisotopic (exact) mass is 253 g/mol. The number of fused-ring (bicyclic) bond motifs is 1. The number of hydrogen-bond donors (Lipinski definition) is 0. The summed E-state index contributed by atoms with van der Waals surface area (Å²) < 4.78 is 41.1. The molecule has 0 spiro atoms. The van der Waals surface area contributed by atoms with Crippen LogP contribution in [-0.2, 0) is 6.54 Å². The molecular formula is C12H10F3N3. The Bertz CT molecular complexity index is 571. The van der Waals surface area contributed by atoms with Gasteiger partial charge in [0, 0.05) is 12.5 Å². The standard InChI is InChI=1S/C12H10F3N3/c13-9-4-7(5-10(14)11(9)15)8-2-1-3-18-12(8)16-6-17-18/h4-6,8H,1-3H2. The first-order chi connectivity index (χ1) is 8.66. The van der Waals surface area contributed by atoms with Crippen molar-refractivity contribution in [1.29, 1.82) is 0 Å². The van der Waals surface area contributed by atoms with Gasteiger partial charge in [-0.3, -0.25) is 0 Å². The molecule has 1 aliphatic heterocycles. The van der Waals surface area contributed by atoms with Crippen molar-refractivity contribution in [3.05, 3.63) is 47.3 Å². The normalized spacial score (nSPS) is 18.7.